The lowest BCUT2D eigenvalue weighted by Crippen LogP contribution is -2.35. The van der Waals surface area contributed by atoms with E-state index in [1.54, 1.807) is 36.4 Å². The van der Waals surface area contributed by atoms with Crippen LogP contribution in [0.15, 0.2) is 79.6 Å². The lowest BCUT2D eigenvalue weighted by atomic mass is 10.2. The second-order valence-electron chi connectivity index (χ2n) is 5.83. The quantitative estimate of drug-likeness (QED) is 0.420. The molecule has 0 unspecified atom stereocenters. The first-order valence-corrected chi connectivity index (χ1v) is 9.58. The van der Waals surface area contributed by atoms with E-state index in [2.05, 4.69) is 37.3 Å². The molecule has 0 atom stereocenters. The molecule has 1 aromatic heterocycles. The van der Waals surface area contributed by atoms with Crippen LogP contribution in [0.1, 0.15) is 5.76 Å². The molecule has 1 aliphatic heterocycles. The van der Waals surface area contributed by atoms with E-state index in [9.17, 15) is 9.59 Å². The number of nitrogens with zero attached hydrogens (tertiary/aromatic N) is 1. The summed E-state index contributed by atoms with van der Waals surface area (Å²) in [6.07, 6.45) is 1.46. The molecule has 1 saturated heterocycles. The van der Waals surface area contributed by atoms with Crippen LogP contribution in [0.5, 0.6) is 0 Å². The van der Waals surface area contributed by atoms with Crippen LogP contribution in [0.3, 0.4) is 0 Å². The van der Waals surface area contributed by atoms with Crippen LogP contribution in [0, 0.1) is 0 Å². The highest BCUT2D eigenvalue weighted by Crippen LogP contribution is 2.27. The standard InChI is InChI=1S/C20H12Br2N2O3/c21-13-4-6-15(7-5-13)24-20(26)17(19(25)23-24)11-16-8-9-18(27-16)12-2-1-3-14(22)10-12/h1-11H,(H,23,25). The highest BCUT2D eigenvalue weighted by molar-refractivity contribution is 9.10. The van der Waals surface area contributed by atoms with Crippen molar-refractivity contribution in [3.8, 4) is 11.3 Å². The van der Waals surface area contributed by atoms with Crippen molar-refractivity contribution < 1.29 is 14.0 Å². The second kappa shape index (κ2) is 7.17. The molecule has 2 heterocycles. The lowest BCUT2D eigenvalue weighted by Gasteiger charge is -2.14. The number of carbonyl (C=O) groups is 2. The number of anilines is 1. The summed E-state index contributed by atoms with van der Waals surface area (Å²) in [6, 6.07) is 18.3. The fourth-order valence-electron chi connectivity index (χ4n) is 2.70. The molecule has 5 nitrogen and oxygen atoms in total. The molecule has 1 aliphatic rings. The zero-order valence-corrected chi connectivity index (χ0v) is 17.0. The smallest absolute Gasteiger partial charge is 0.282 e. The first-order valence-electron chi connectivity index (χ1n) is 8.00. The summed E-state index contributed by atoms with van der Waals surface area (Å²) in [5.41, 5.74) is 4.06. The minimum Gasteiger partial charge on any atom is -0.457 e. The first kappa shape index (κ1) is 17.8. The summed E-state index contributed by atoms with van der Waals surface area (Å²) in [5, 5.41) is 1.22. The summed E-state index contributed by atoms with van der Waals surface area (Å²) in [7, 11) is 0. The Morgan fingerprint density at radius 2 is 1.70 bits per heavy atom. The van der Waals surface area contributed by atoms with Gasteiger partial charge in [-0.05, 0) is 54.6 Å². The van der Waals surface area contributed by atoms with Crippen LogP contribution in [-0.2, 0) is 9.59 Å². The topological polar surface area (TPSA) is 62.6 Å². The minimum absolute atomic E-state index is 0.0214. The fraction of sp³-hybridized carbons (Fsp3) is 0. The Morgan fingerprint density at radius 1 is 0.926 bits per heavy atom. The lowest BCUT2D eigenvalue weighted by molar-refractivity contribution is -0.117. The Hall–Kier alpha value is -2.64. The van der Waals surface area contributed by atoms with E-state index in [-0.39, 0.29) is 5.57 Å². The van der Waals surface area contributed by atoms with Crippen molar-refractivity contribution in [1.82, 2.24) is 5.43 Å². The van der Waals surface area contributed by atoms with Gasteiger partial charge in [-0.3, -0.25) is 15.0 Å². The van der Waals surface area contributed by atoms with Crippen LogP contribution in [-0.4, -0.2) is 11.8 Å². The number of hydrazine groups is 1. The summed E-state index contributed by atoms with van der Waals surface area (Å²) >= 11 is 6.77. The van der Waals surface area contributed by atoms with Crippen LogP contribution in [0.4, 0.5) is 5.69 Å². The van der Waals surface area contributed by atoms with Crippen molar-refractivity contribution in [2.45, 2.75) is 0 Å². The molecule has 2 amide bonds. The van der Waals surface area contributed by atoms with Crippen LogP contribution < -0.4 is 10.4 Å². The number of rotatable bonds is 3. The molecule has 7 heteroatoms. The van der Waals surface area contributed by atoms with Gasteiger partial charge in [0.05, 0.1) is 5.69 Å². The number of hydrogen-bond donors (Lipinski definition) is 1. The Kier molecular flexibility index (Phi) is 4.72. The van der Waals surface area contributed by atoms with E-state index in [1.165, 1.54) is 11.1 Å². The van der Waals surface area contributed by atoms with E-state index in [4.69, 9.17) is 4.42 Å². The van der Waals surface area contributed by atoms with Crippen molar-refractivity contribution in [3.05, 3.63) is 80.9 Å². The Labute approximate surface area is 171 Å². The van der Waals surface area contributed by atoms with E-state index in [0.29, 0.717) is 17.2 Å². The molecule has 4 rings (SSSR count). The van der Waals surface area contributed by atoms with Crippen LogP contribution >= 0.6 is 31.9 Å². The Morgan fingerprint density at radius 3 is 2.44 bits per heavy atom. The number of hydrogen-bond acceptors (Lipinski definition) is 3. The van der Waals surface area contributed by atoms with Crippen molar-refractivity contribution >= 4 is 55.4 Å². The molecule has 1 N–H and O–H groups in total. The molecule has 134 valence electrons. The highest BCUT2D eigenvalue weighted by atomic mass is 79.9. The van der Waals surface area contributed by atoms with Crippen molar-refractivity contribution in [1.29, 1.82) is 0 Å². The average molecular weight is 488 g/mol. The first-order chi connectivity index (χ1) is 13.0. The van der Waals surface area contributed by atoms with Crippen LogP contribution in [0.2, 0.25) is 0 Å². The highest BCUT2D eigenvalue weighted by Gasteiger charge is 2.34. The van der Waals surface area contributed by atoms with E-state index < -0.39 is 11.8 Å². The number of nitrogens with one attached hydrogen (secondary N) is 1. The van der Waals surface area contributed by atoms with Gasteiger partial charge in [-0.25, -0.2) is 5.01 Å². The van der Waals surface area contributed by atoms with Crippen molar-refractivity contribution in [2.24, 2.45) is 0 Å². The molecule has 0 aliphatic carbocycles. The van der Waals surface area contributed by atoms with Gasteiger partial charge < -0.3 is 4.42 Å². The fourth-order valence-corrected chi connectivity index (χ4v) is 3.36. The van der Waals surface area contributed by atoms with Gasteiger partial charge in [-0.15, -0.1) is 0 Å². The molecule has 3 aromatic rings. The Bertz CT molecular complexity index is 1070. The number of halogens is 2. The van der Waals surface area contributed by atoms with E-state index in [0.717, 1.165) is 14.5 Å². The van der Waals surface area contributed by atoms with Gasteiger partial charge in [0.25, 0.3) is 11.8 Å². The van der Waals surface area contributed by atoms with Crippen molar-refractivity contribution in [2.75, 3.05) is 5.01 Å². The largest absolute Gasteiger partial charge is 0.457 e. The molecule has 0 saturated carbocycles. The third-order valence-corrected chi connectivity index (χ3v) is 5.02. The molecule has 0 bridgehead atoms. The Balaban J connectivity index is 1.61. The van der Waals surface area contributed by atoms with Gasteiger partial charge in [0, 0.05) is 14.5 Å². The third-order valence-electron chi connectivity index (χ3n) is 4.00. The molecule has 0 spiro atoms. The maximum Gasteiger partial charge on any atom is 0.282 e. The summed E-state index contributed by atoms with van der Waals surface area (Å²) < 4.78 is 7.61. The van der Waals surface area contributed by atoms with Gasteiger partial charge in [0.1, 0.15) is 17.1 Å². The second-order valence-corrected chi connectivity index (χ2v) is 7.66. The normalized spacial score (nSPS) is 15.5. The number of benzene rings is 2. The molecule has 1 fully saturated rings. The number of amides is 2. The third kappa shape index (κ3) is 3.61. The predicted octanol–water partition coefficient (Wildman–Crippen LogP) is 4.93. The average Bonchev–Trinajstić information content (AvgIpc) is 3.23. The van der Waals surface area contributed by atoms with E-state index >= 15 is 0 Å². The summed E-state index contributed by atoms with van der Waals surface area (Å²) in [6.45, 7) is 0. The van der Waals surface area contributed by atoms with E-state index in [1.807, 2.05) is 24.3 Å². The molecule has 0 radical (unpaired) electrons. The van der Waals surface area contributed by atoms with Gasteiger partial charge >= 0.3 is 0 Å². The summed E-state index contributed by atoms with van der Waals surface area (Å²) in [5.74, 6) is 0.186. The zero-order chi connectivity index (χ0) is 19.0. The molecular weight excluding hydrogens is 476 g/mol. The van der Waals surface area contributed by atoms with Gasteiger partial charge in [-0.1, -0.05) is 44.0 Å². The maximum atomic E-state index is 12.6. The monoisotopic (exact) mass is 486 g/mol. The zero-order valence-electron chi connectivity index (χ0n) is 13.8. The maximum absolute atomic E-state index is 12.6. The molecule has 2 aromatic carbocycles. The number of furan rings is 1. The van der Waals surface area contributed by atoms with Crippen LogP contribution in [0.25, 0.3) is 17.4 Å². The number of carbonyl (C=O) groups excluding carboxylic acids is 2. The summed E-state index contributed by atoms with van der Waals surface area (Å²) in [4.78, 5) is 24.9. The van der Waals surface area contributed by atoms with Gasteiger partial charge in [0.15, 0.2) is 0 Å². The molecular formula is C20H12Br2N2O3. The van der Waals surface area contributed by atoms with Crippen molar-refractivity contribution in [3.63, 3.8) is 0 Å². The molecule has 27 heavy (non-hydrogen) atoms. The van der Waals surface area contributed by atoms with Gasteiger partial charge in [-0.2, -0.15) is 0 Å². The predicted molar refractivity (Wildman–Crippen MR) is 110 cm³/mol. The minimum atomic E-state index is -0.469. The van der Waals surface area contributed by atoms with Gasteiger partial charge in [0.2, 0.25) is 0 Å². The SMILES string of the molecule is O=C1NN(c2ccc(Br)cc2)C(=O)C1=Cc1ccc(-c2cccc(Br)c2)o1.